The third-order valence-corrected chi connectivity index (χ3v) is 2.65. The fraction of sp³-hybridized carbons (Fsp3) is 0.900. The van der Waals surface area contributed by atoms with Gasteiger partial charge in [0.05, 0.1) is 12.4 Å². The topological polar surface area (TPSA) is 29.5 Å². The fourth-order valence-corrected chi connectivity index (χ4v) is 1.70. The summed E-state index contributed by atoms with van der Waals surface area (Å²) < 4.78 is 4.99. The Morgan fingerprint density at radius 1 is 1.43 bits per heavy atom. The Morgan fingerprint density at radius 3 is 2.36 bits per heavy atom. The van der Waals surface area contributed by atoms with E-state index in [1.807, 2.05) is 4.90 Å². The number of ether oxygens (including phenoxy) is 1. The van der Waals surface area contributed by atoms with Gasteiger partial charge in [0.25, 0.3) is 0 Å². The first kappa shape index (κ1) is 13.8. The molecule has 1 amide bonds. The van der Waals surface area contributed by atoms with Crippen LogP contribution >= 0.6 is 12.6 Å². The number of rotatable bonds is 7. The van der Waals surface area contributed by atoms with E-state index in [1.165, 1.54) is 0 Å². The summed E-state index contributed by atoms with van der Waals surface area (Å²) in [5.41, 5.74) is 0. The van der Waals surface area contributed by atoms with Crippen molar-refractivity contribution in [3.8, 4) is 0 Å². The summed E-state index contributed by atoms with van der Waals surface area (Å²) in [5.74, 6) is 0.374. The van der Waals surface area contributed by atoms with E-state index < -0.39 is 0 Å². The van der Waals surface area contributed by atoms with E-state index in [-0.39, 0.29) is 11.7 Å². The first-order chi connectivity index (χ1) is 6.71. The second-order valence-corrected chi connectivity index (χ2v) is 3.52. The van der Waals surface area contributed by atoms with Gasteiger partial charge in [0, 0.05) is 19.7 Å². The van der Waals surface area contributed by atoms with Gasteiger partial charge < -0.3 is 9.64 Å². The molecule has 0 fully saturated rings. The number of amides is 1. The minimum Gasteiger partial charge on any atom is -0.383 e. The van der Waals surface area contributed by atoms with E-state index >= 15 is 0 Å². The number of thiol groups is 1. The highest BCUT2D eigenvalue weighted by molar-refractivity contribution is 7.81. The lowest BCUT2D eigenvalue weighted by Gasteiger charge is -2.29. The zero-order valence-electron chi connectivity index (χ0n) is 9.32. The van der Waals surface area contributed by atoms with Crippen molar-refractivity contribution in [2.75, 3.05) is 26.0 Å². The van der Waals surface area contributed by atoms with Gasteiger partial charge in [-0.2, -0.15) is 12.6 Å². The van der Waals surface area contributed by atoms with Crippen LogP contribution in [-0.2, 0) is 9.53 Å². The van der Waals surface area contributed by atoms with Crippen LogP contribution in [0.3, 0.4) is 0 Å². The van der Waals surface area contributed by atoms with Gasteiger partial charge in [-0.25, -0.2) is 0 Å². The number of hydrogen-bond acceptors (Lipinski definition) is 3. The van der Waals surface area contributed by atoms with Crippen LogP contribution in [0.2, 0.25) is 0 Å². The summed E-state index contributed by atoms with van der Waals surface area (Å²) in [6.07, 6.45) is 1.97. The molecule has 0 saturated heterocycles. The predicted molar refractivity (Wildman–Crippen MR) is 61.8 cm³/mol. The van der Waals surface area contributed by atoms with Gasteiger partial charge in [0.15, 0.2) is 0 Å². The Bertz CT molecular complexity index is 160. The quantitative estimate of drug-likeness (QED) is 0.659. The minimum atomic E-state index is 0.0964. The monoisotopic (exact) mass is 219 g/mol. The average molecular weight is 219 g/mol. The van der Waals surface area contributed by atoms with Crippen molar-refractivity contribution in [3.05, 3.63) is 0 Å². The molecule has 0 aromatic rings. The van der Waals surface area contributed by atoms with Gasteiger partial charge in [-0.3, -0.25) is 4.79 Å². The number of carbonyl (C=O) groups excluding carboxylic acids is 1. The van der Waals surface area contributed by atoms with E-state index in [9.17, 15) is 4.79 Å². The lowest BCUT2D eigenvalue weighted by atomic mass is 10.1. The van der Waals surface area contributed by atoms with Crippen LogP contribution in [0, 0.1) is 0 Å². The summed E-state index contributed by atoms with van der Waals surface area (Å²) in [4.78, 5) is 13.4. The Kier molecular flexibility index (Phi) is 7.99. The van der Waals surface area contributed by atoms with Crippen molar-refractivity contribution >= 4 is 18.5 Å². The highest BCUT2D eigenvalue weighted by Crippen LogP contribution is 2.09. The van der Waals surface area contributed by atoms with Crippen LogP contribution in [-0.4, -0.2) is 42.9 Å². The van der Waals surface area contributed by atoms with Gasteiger partial charge in [0.2, 0.25) is 5.91 Å². The number of carbonyl (C=O) groups is 1. The molecule has 0 aromatic heterocycles. The maximum atomic E-state index is 11.6. The summed E-state index contributed by atoms with van der Waals surface area (Å²) in [7, 11) is 1.65. The van der Waals surface area contributed by atoms with E-state index in [0.29, 0.717) is 19.2 Å². The Labute approximate surface area is 92.2 Å². The molecule has 14 heavy (non-hydrogen) atoms. The smallest absolute Gasteiger partial charge is 0.232 e. The molecule has 0 aliphatic carbocycles. The zero-order chi connectivity index (χ0) is 11.0. The van der Waals surface area contributed by atoms with Crippen molar-refractivity contribution in [2.45, 2.75) is 32.7 Å². The SMILES string of the molecule is CCC(CC)N(CCOC)C(=O)CS. The van der Waals surface area contributed by atoms with E-state index in [2.05, 4.69) is 26.5 Å². The van der Waals surface area contributed by atoms with Gasteiger partial charge in [-0.05, 0) is 12.8 Å². The van der Waals surface area contributed by atoms with E-state index in [1.54, 1.807) is 7.11 Å². The predicted octanol–water partition coefficient (Wildman–Crippen LogP) is 1.58. The maximum absolute atomic E-state index is 11.6. The molecular formula is C10H21NO2S. The van der Waals surface area contributed by atoms with E-state index in [4.69, 9.17) is 4.74 Å². The molecule has 0 saturated carbocycles. The summed E-state index contributed by atoms with van der Waals surface area (Å²) >= 11 is 4.02. The molecule has 0 unspecified atom stereocenters. The van der Waals surface area contributed by atoms with Crippen LogP contribution in [0.15, 0.2) is 0 Å². The first-order valence-corrected chi connectivity index (χ1v) is 5.73. The van der Waals surface area contributed by atoms with Gasteiger partial charge in [0.1, 0.15) is 0 Å². The number of hydrogen-bond donors (Lipinski definition) is 1. The fourth-order valence-electron chi connectivity index (χ4n) is 1.52. The zero-order valence-corrected chi connectivity index (χ0v) is 10.2. The van der Waals surface area contributed by atoms with Gasteiger partial charge >= 0.3 is 0 Å². The van der Waals surface area contributed by atoms with Crippen molar-refractivity contribution in [3.63, 3.8) is 0 Å². The highest BCUT2D eigenvalue weighted by atomic mass is 32.1. The molecular weight excluding hydrogens is 198 g/mol. The highest BCUT2D eigenvalue weighted by Gasteiger charge is 2.18. The molecule has 0 N–H and O–H groups in total. The molecule has 4 heteroatoms. The molecule has 0 rings (SSSR count). The molecule has 0 spiro atoms. The third kappa shape index (κ3) is 4.33. The van der Waals surface area contributed by atoms with Crippen LogP contribution in [0.1, 0.15) is 26.7 Å². The molecule has 0 heterocycles. The summed E-state index contributed by atoms with van der Waals surface area (Å²) in [6, 6.07) is 0.324. The van der Waals surface area contributed by atoms with Crippen LogP contribution in [0.25, 0.3) is 0 Å². The first-order valence-electron chi connectivity index (χ1n) is 5.10. The summed E-state index contributed by atoms with van der Waals surface area (Å²) in [6.45, 7) is 5.46. The van der Waals surface area contributed by atoms with Crippen molar-refractivity contribution in [2.24, 2.45) is 0 Å². The van der Waals surface area contributed by atoms with E-state index in [0.717, 1.165) is 12.8 Å². The largest absolute Gasteiger partial charge is 0.383 e. The molecule has 3 nitrogen and oxygen atoms in total. The van der Waals surface area contributed by atoms with Crippen LogP contribution < -0.4 is 0 Å². The average Bonchev–Trinajstić information content (AvgIpc) is 2.23. The number of methoxy groups -OCH3 is 1. The molecule has 0 aliphatic rings. The Morgan fingerprint density at radius 2 is 2.00 bits per heavy atom. The molecule has 0 atom stereocenters. The molecule has 0 bridgehead atoms. The van der Waals surface area contributed by atoms with Crippen molar-refractivity contribution in [1.82, 2.24) is 4.90 Å². The van der Waals surface area contributed by atoms with Crippen LogP contribution in [0.4, 0.5) is 0 Å². The van der Waals surface area contributed by atoms with Crippen LogP contribution in [0.5, 0.6) is 0 Å². The number of nitrogens with zero attached hydrogens (tertiary/aromatic N) is 1. The van der Waals surface area contributed by atoms with Gasteiger partial charge in [-0.15, -0.1) is 0 Å². The molecule has 0 aliphatic heterocycles. The third-order valence-electron chi connectivity index (χ3n) is 2.38. The Hall–Kier alpha value is -0.220. The molecule has 0 radical (unpaired) electrons. The molecule has 84 valence electrons. The normalized spacial score (nSPS) is 10.6. The summed E-state index contributed by atoms with van der Waals surface area (Å²) in [5, 5.41) is 0. The lowest BCUT2D eigenvalue weighted by molar-refractivity contribution is -0.131. The molecule has 0 aromatic carbocycles. The maximum Gasteiger partial charge on any atom is 0.232 e. The lowest BCUT2D eigenvalue weighted by Crippen LogP contribution is -2.42. The second-order valence-electron chi connectivity index (χ2n) is 3.21. The standard InChI is InChI=1S/C10H21NO2S/c1-4-9(5-2)11(6-7-13-3)10(12)8-14/h9,14H,4-8H2,1-3H3. The minimum absolute atomic E-state index is 0.0964. The van der Waals surface area contributed by atoms with Gasteiger partial charge in [-0.1, -0.05) is 13.8 Å². The van der Waals surface area contributed by atoms with Crippen molar-refractivity contribution in [1.29, 1.82) is 0 Å². The second kappa shape index (κ2) is 8.12. The Balaban J connectivity index is 4.27. The van der Waals surface area contributed by atoms with Crippen molar-refractivity contribution < 1.29 is 9.53 Å².